The molecule has 3 aromatic rings. The first-order valence-electron chi connectivity index (χ1n) is 7.31. The summed E-state index contributed by atoms with van der Waals surface area (Å²) in [5.41, 5.74) is 4.19. The molecule has 0 atom stereocenters. The van der Waals surface area contributed by atoms with Crippen LogP contribution in [0.3, 0.4) is 0 Å². The molecule has 0 radical (unpaired) electrons. The molecule has 2 heterocycles. The summed E-state index contributed by atoms with van der Waals surface area (Å²) in [4.78, 5) is 4.53. The summed E-state index contributed by atoms with van der Waals surface area (Å²) in [6.45, 7) is 2.74. The van der Waals surface area contributed by atoms with Crippen molar-refractivity contribution in [3.63, 3.8) is 0 Å². The van der Waals surface area contributed by atoms with Crippen LogP contribution >= 0.6 is 12.2 Å². The molecule has 2 N–H and O–H groups in total. The first kappa shape index (κ1) is 14.5. The predicted molar refractivity (Wildman–Crippen MR) is 94.1 cm³/mol. The van der Waals surface area contributed by atoms with Crippen molar-refractivity contribution in [1.29, 1.82) is 0 Å². The van der Waals surface area contributed by atoms with Crippen LogP contribution in [0.2, 0.25) is 0 Å². The zero-order valence-electron chi connectivity index (χ0n) is 12.4. The molecule has 5 heteroatoms. The zero-order valence-corrected chi connectivity index (χ0v) is 13.2. The van der Waals surface area contributed by atoms with Crippen molar-refractivity contribution in [2.24, 2.45) is 0 Å². The second kappa shape index (κ2) is 6.58. The van der Waals surface area contributed by atoms with E-state index < -0.39 is 0 Å². The van der Waals surface area contributed by atoms with Crippen LogP contribution in [0.15, 0.2) is 54.9 Å². The number of hydrogen-bond acceptors (Lipinski definition) is 2. The Morgan fingerprint density at radius 1 is 1.23 bits per heavy atom. The quantitative estimate of drug-likeness (QED) is 0.725. The van der Waals surface area contributed by atoms with E-state index in [4.69, 9.17) is 12.2 Å². The Balaban J connectivity index is 1.59. The Hall–Kier alpha value is -2.40. The van der Waals surface area contributed by atoms with Gasteiger partial charge in [0.2, 0.25) is 0 Å². The number of nitrogens with one attached hydrogen (secondary N) is 2. The second-order valence-electron chi connectivity index (χ2n) is 5.06. The number of aromatic nitrogens is 2. The van der Waals surface area contributed by atoms with Crippen LogP contribution in [0, 0.1) is 0 Å². The fourth-order valence-electron chi connectivity index (χ4n) is 2.29. The summed E-state index contributed by atoms with van der Waals surface area (Å²) in [6.07, 6.45) is 5.00. The van der Waals surface area contributed by atoms with Crippen molar-refractivity contribution in [1.82, 2.24) is 14.7 Å². The molecular weight excluding hydrogens is 292 g/mol. The molecule has 0 saturated carbocycles. The summed E-state index contributed by atoms with van der Waals surface area (Å²) in [5, 5.41) is 7.00. The molecule has 0 unspecified atom stereocenters. The van der Waals surface area contributed by atoms with E-state index in [9.17, 15) is 0 Å². The van der Waals surface area contributed by atoms with Crippen LogP contribution < -0.4 is 10.6 Å². The summed E-state index contributed by atoms with van der Waals surface area (Å²) in [6, 6.07) is 14.2. The van der Waals surface area contributed by atoms with Crippen LogP contribution in [-0.2, 0) is 13.0 Å². The lowest BCUT2D eigenvalue weighted by atomic mass is 10.1. The molecule has 3 rings (SSSR count). The number of nitrogens with zero attached hydrogens (tertiary/aromatic N) is 2. The van der Waals surface area contributed by atoms with Gasteiger partial charge in [0.05, 0.1) is 12.2 Å². The van der Waals surface area contributed by atoms with Crippen molar-refractivity contribution >= 4 is 28.7 Å². The van der Waals surface area contributed by atoms with Gasteiger partial charge in [-0.2, -0.15) is 0 Å². The molecule has 22 heavy (non-hydrogen) atoms. The van der Waals surface area contributed by atoms with Crippen LogP contribution in [0.1, 0.15) is 18.2 Å². The molecule has 2 aromatic heterocycles. The molecule has 0 aliphatic rings. The Kier molecular flexibility index (Phi) is 4.34. The largest absolute Gasteiger partial charge is 0.357 e. The van der Waals surface area contributed by atoms with Gasteiger partial charge in [-0.3, -0.25) is 0 Å². The van der Waals surface area contributed by atoms with E-state index >= 15 is 0 Å². The average molecular weight is 310 g/mol. The number of anilines is 1. The standard InChI is InChI=1S/C17H18N4S/c1-2-13-6-5-7-14(10-13)20-17(22)18-11-15-12-21-9-4-3-8-16(21)19-15/h3-10,12H,2,11H2,1H3,(H2,18,20,22). The van der Waals surface area contributed by atoms with Gasteiger partial charge in [0, 0.05) is 18.1 Å². The molecule has 0 aliphatic heterocycles. The van der Waals surface area contributed by atoms with Gasteiger partial charge in [0.25, 0.3) is 0 Å². The minimum Gasteiger partial charge on any atom is -0.357 e. The number of benzene rings is 1. The van der Waals surface area contributed by atoms with Crippen LogP contribution in [-0.4, -0.2) is 14.5 Å². The first-order valence-corrected chi connectivity index (χ1v) is 7.72. The molecule has 0 amide bonds. The third kappa shape index (κ3) is 3.43. The molecular formula is C17H18N4S. The summed E-state index contributed by atoms with van der Waals surface area (Å²) in [5.74, 6) is 0. The van der Waals surface area contributed by atoms with Gasteiger partial charge >= 0.3 is 0 Å². The van der Waals surface area contributed by atoms with Gasteiger partial charge in [-0.05, 0) is 48.5 Å². The fourth-order valence-corrected chi connectivity index (χ4v) is 2.48. The molecule has 0 aliphatic carbocycles. The van der Waals surface area contributed by atoms with E-state index in [-0.39, 0.29) is 0 Å². The highest BCUT2D eigenvalue weighted by atomic mass is 32.1. The molecule has 0 bridgehead atoms. The van der Waals surface area contributed by atoms with E-state index in [1.54, 1.807) is 0 Å². The van der Waals surface area contributed by atoms with Gasteiger partial charge in [-0.1, -0.05) is 25.1 Å². The molecule has 0 saturated heterocycles. The summed E-state index contributed by atoms with van der Waals surface area (Å²) >= 11 is 5.34. The Morgan fingerprint density at radius 2 is 2.14 bits per heavy atom. The van der Waals surface area contributed by atoms with Crippen molar-refractivity contribution in [3.05, 3.63) is 66.1 Å². The van der Waals surface area contributed by atoms with Gasteiger partial charge in [0.1, 0.15) is 5.65 Å². The highest BCUT2D eigenvalue weighted by Gasteiger charge is 2.02. The average Bonchev–Trinajstić information content (AvgIpc) is 2.96. The lowest BCUT2D eigenvalue weighted by Crippen LogP contribution is -2.28. The molecule has 0 spiro atoms. The van der Waals surface area contributed by atoms with E-state index in [2.05, 4.69) is 34.7 Å². The summed E-state index contributed by atoms with van der Waals surface area (Å²) < 4.78 is 2.00. The highest BCUT2D eigenvalue weighted by molar-refractivity contribution is 7.80. The smallest absolute Gasteiger partial charge is 0.171 e. The van der Waals surface area contributed by atoms with Gasteiger partial charge in [-0.15, -0.1) is 0 Å². The van der Waals surface area contributed by atoms with Crippen LogP contribution in [0.25, 0.3) is 5.65 Å². The highest BCUT2D eigenvalue weighted by Crippen LogP contribution is 2.11. The Labute approximate surface area is 135 Å². The maximum Gasteiger partial charge on any atom is 0.171 e. The number of aryl methyl sites for hydroxylation is 1. The van der Waals surface area contributed by atoms with Crippen molar-refractivity contribution in [3.8, 4) is 0 Å². The maximum absolute atomic E-state index is 5.34. The van der Waals surface area contributed by atoms with Crippen LogP contribution in [0.4, 0.5) is 5.69 Å². The van der Waals surface area contributed by atoms with E-state index in [0.717, 1.165) is 23.4 Å². The number of imidazole rings is 1. The molecule has 1 aromatic carbocycles. The molecule has 0 fully saturated rings. The van der Waals surface area contributed by atoms with Crippen LogP contribution in [0.5, 0.6) is 0 Å². The Bertz CT molecular complexity index is 761. The van der Waals surface area contributed by atoms with Crippen molar-refractivity contribution < 1.29 is 0 Å². The SMILES string of the molecule is CCc1cccc(NC(=S)NCc2cn3ccccc3n2)c1. The van der Waals surface area contributed by atoms with E-state index in [1.165, 1.54) is 5.56 Å². The number of rotatable bonds is 4. The first-order chi connectivity index (χ1) is 10.7. The second-order valence-corrected chi connectivity index (χ2v) is 5.47. The lowest BCUT2D eigenvalue weighted by Gasteiger charge is -2.10. The maximum atomic E-state index is 5.34. The van der Waals surface area contributed by atoms with Gasteiger partial charge < -0.3 is 15.0 Å². The summed E-state index contributed by atoms with van der Waals surface area (Å²) in [7, 11) is 0. The van der Waals surface area contributed by atoms with E-state index in [0.29, 0.717) is 11.7 Å². The van der Waals surface area contributed by atoms with Crippen molar-refractivity contribution in [2.75, 3.05) is 5.32 Å². The number of hydrogen-bond donors (Lipinski definition) is 2. The predicted octanol–water partition coefficient (Wildman–Crippen LogP) is 3.38. The van der Waals surface area contributed by atoms with E-state index in [1.807, 2.05) is 47.1 Å². The molecule has 112 valence electrons. The van der Waals surface area contributed by atoms with Crippen molar-refractivity contribution in [2.45, 2.75) is 19.9 Å². The zero-order chi connectivity index (χ0) is 15.4. The minimum atomic E-state index is 0.598. The monoisotopic (exact) mass is 310 g/mol. The third-order valence-corrected chi connectivity index (χ3v) is 3.68. The normalized spacial score (nSPS) is 10.6. The number of pyridine rings is 1. The number of fused-ring (bicyclic) bond motifs is 1. The lowest BCUT2D eigenvalue weighted by molar-refractivity contribution is 0.894. The third-order valence-electron chi connectivity index (χ3n) is 3.44. The van der Waals surface area contributed by atoms with Gasteiger partial charge in [0.15, 0.2) is 5.11 Å². The van der Waals surface area contributed by atoms with Gasteiger partial charge in [-0.25, -0.2) is 4.98 Å². The molecule has 4 nitrogen and oxygen atoms in total. The number of thiocarbonyl (C=S) groups is 1. The minimum absolute atomic E-state index is 0.598. The Morgan fingerprint density at radius 3 is 2.95 bits per heavy atom. The fraction of sp³-hybridized carbons (Fsp3) is 0.176. The topological polar surface area (TPSA) is 41.4 Å².